The lowest BCUT2D eigenvalue weighted by molar-refractivity contribution is 0.0911. The van der Waals surface area contributed by atoms with Gasteiger partial charge in [0.25, 0.3) is 5.56 Å². The fourth-order valence-corrected chi connectivity index (χ4v) is 2.94. The van der Waals surface area contributed by atoms with Crippen molar-refractivity contribution in [3.8, 4) is 5.75 Å². The lowest BCUT2D eigenvalue weighted by Gasteiger charge is -2.21. The van der Waals surface area contributed by atoms with Crippen molar-refractivity contribution in [1.29, 1.82) is 0 Å². The van der Waals surface area contributed by atoms with Crippen LogP contribution in [-0.2, 0) is 19.0 Å². The Hall–Kier alpha value is -2.67. The summed E-state index contributed by atoms with van der Waals surface area (Å²) in [7, 11) is 1.73. The Bertz CT molecular complexity index is 1010. The number of benzene rings is 1. The molecule has 0 spiro atoms. The van der Waals surface area contributed by atoms with Gasteiger partial charge in [-0.25, -0.2) is 4.98 Å². The summed E-state index contributed by atoms with van der Waals surface area (Å²) in [6.07, 6.45) is 2.09. The Morgan fingerprint density at radius 1 is 1.30 bits per heavy atom. The highest BCUT2D eigenvalue weighted by atomic mass is 16.5. The van der Waals surface area contributed by atoms with Crippen molar-refractivity contribution >= 4 is 11.0 Å². The van der Waals surface area contributed by atoms with Gasteiger partial charge in [0.2, 0.25) is 0 Å². The number of rotatable bonds is 5. The second kappa shape index (κ2) is 7.15. The Morgan fingerprint density at radius 2 is 2.04 bits per heavy atom. The first-order valence-corrected chi connectivity index (χ1v) is 8.96. The second-order valence-corrected chi connectivity index (χ2v) is 7.90. The molecule has 0 saturated carbocycles. The zero-order valence-corrected chi connectivity index (χ0v) is 16.4. The van der Waals surface area contributed by atoms with E-state index in [1.807, 2.05) is 19.1 Å². The number of aromatic nitrogens is 4. The monoisotopic (exact) mass is 370 g/mol. The van der Waals surface area contributed by atoms with Crippen LogP contribution in [-0.4, -0.2) is 37.1 Å². The van der Waals surface area contributed by atoms with Gasteiger partial charge in [0.05, 0.1) is 12.7 Å². The molecule has 2 aromatic heterocycles. The highest BCUT2D eigenvalue weighted by molar-refractivity contribution is 5.72. The van der Waals surface area contributed by atoms with Crippen LogP contribution in [0.4, 0.5) is 0 Å². The standard InChI is InChI=1S/C20H26N4O3/c1-13-8-14(20(2,3)4)6-7-17(13)27-11-15(25)10-24-12-21-18-16(19(24)26)9-22-23(18)5/h6-9,12,15,25H,10-11H2,1-5H3. The van der Waals surface area contributed by atoms with Crippen LogP contribution < -0.4 is 10.3 Å². The molecule has 144 valence electrons. The minimum Gasteiger partial charge on any atom is -0.491 e. The molecule has 0 amide bonds. The Kier molecular flexibility index (Phi) is 5.06. The van der Waals surface area contributed by atoms with E-state index in [0.717, 1.165) is 11.3 Å². The number of aliphatic hydroxyl groups is 1. The quantitative estimate of drug-likeness (QED) is 0.744. The van der Waals surface area contributed by atoms with Crippen molar-refractivity contribution in [2.45, 2.75) is 45.8 Å². The summed E-state index contributed by atoms with van der Waals surface area (Å²) >= 11 is 0. The molecule has 27 heavy (non-hydrogen) atoms. The first-order chi connectivity index (χ1) is 12.7. The second-order valence-electron chi connectivity index (χ2n) is 7.90. The highest BCUT2D eigenvalue weighted by Crippen LogP contribution is 2.27. The van der Waals surface area contributed by atoms with Crippen LogP contribution in [0.1, 0.15) is 31.9 Å². The van der Waals surface area contributed by atoms with E-state index >= 15 is 0 Å². The molecule has 1 atom stereocenters. The van der Waals surface area contributed by atoms with E-state index in [1.54, 1.807) is 11.7 Å². The van der Waals surface area contributed by atoms with Gasteiger partial charge in [0, 0.05) is 7.05 Å². The minimum absolute atomic E-state index is 0.0713. The molecule has 3 rings (SSSR count). The predicted molar refractivity (Wildman–Crippen MR) is 104 cm³/mol. The van der Waals surface area contributed by atoms with Crippen molar-refractivity contribution in [3.63, 3.8) is 0 Å². The molecule has 1 unspecified atom stereocenters. The average molecular weight is 370 g/mol. The summed E-state index contributed by atoms with van der Waals surface area (Å²) in [6, 6.07) is 6.07. The molecule has 1 N–H and O–H groups in total. The first-order valence-electron chi connectivity index (χ1n) is 8.96. The molecule has 0 aliphatic heterocycles. The number of aryl methyl sites for hydroxylation is 2. The van der Waals surface area contributed by atoms with E-state index in [9.17, 15) is 9.90 Å². The van der Waals surface area contributed by atoms with Gasteiger partial charge in [-0.3, -0.25) is 14.0 Å². The SMILES string of the molecule is Cc1cc(C(C)(C)C)ccc1OCC(O)Cn1cnc2c(cnn2C)c1=O. The number of hydrogen-bond acceptors (Lipinski definition) is 5. The topological polar surface area (TPSA) is 82.2 Å². The molecule has 2 heterocycles. The normalized spacial score (nSPS) is 13.1. The van der Waals surface area contributed by atoms with E-state index < -0.39 is 6.10 Å². The smallest absolute Gasteiger partial charge is 0.264 e. The lowest BCUT2D eigenvalue weighted by atomic mass is 9.86. The van der Waals surface area contributed by atoms with Gasteiger partial charge in [0.15, 0.2) is 5.65 Å². The summed E-state index contributed by atoms with van der Waals surface area (Å²) < 4.78 is 8.70. The first kappa shape index (κ1) is 19.1. The predicted octanol–water partition coefficient (Wildman–Crippen LogP) is 2.18. The van der Waals surface area contributed by atoms with Crippen LogP contribution in [0.25, 0.3) is 11.0 Å². The Morgan fingerprint density at radius 3 is 2.70 bits per heavy atom. The van der Waals surface area contributed by atoms with Crippen molar-refractivity contribution in [2.75, 3.05) is 6.61 Å². The molecule has 1 aromatic carbocycles. The summed E-state index contributed by atoms with van der Waals surface area (Å²) in [5.41, 5.74) is 2.62. The van der Waals surface area contributed by atoms with Crippen LogP contribution >= 0.6 is 0 Å². The third-order valence-corrected chi connectivity index (χ3v) is 4.60. The van der Waals surface area contributed by atoms with E-state index in [-0.39, 0.29) is 24.1 Å². The molecule has 0 aliphatic rings. The van der Waals surface area contributed by atoms with E-state index in [4.69, 9.17) is 4.74 Å². The van der Waals surface area contributed by atoms with E-state index in [2.05, 4.69) is 36.9 Å². The van der Waals surface area contributed by atoms with Crippen molar-refractivity contribution in [1.82, 2.24) is 19.3 Å². The van der Waals surface area contributed by atoms with Crippen LogP contribution in [0.2, 0.25) is 0 Å². The van der Waals surface area contributed by atoms with Gasteiger partial charge < -0.3 is 9.84 Å². The number of ether oxygens (including phenoxy) is 1. The molecule has 3 aromatic rings. The molecular weight excluding hydrogens is 344 g/mol. The van der Waals surface area contributed by atoms with Gasteiger partial charge in [-0.2, -0.15) is 5.10 Å². The number of hydrogen-bond donors (Lipinski definition) is 1. The largest absolute Gasteiger partial charge is 0.491 e. The van der Waals surface area contributed by atoms with Crippen LogP contribution in [0.3, 0.4) is 0 Å². The molecule has 0 fully saturated rings. The van der Waals surface area contributed by atoms with Crippen LogP contribution in [0, 0.1) is 6.92 Å². The number of nitrogens with zero attached hydrogens (tertiary/aromatic N) is 4. The van der Waals surface area contributed by atoms with Gasteiger partial charge in [-0.05, 0) is 29.5 Å². The van der Waals surface area contributed by atoms with E-state index in [1.165, 1.54) is 22.7 Å². The fourth-order valence-electron chi connectivity index (χ4n) is 2.94. The lowest BCUT2D eigenvalue weighted by Crippen LogP contribution is -2.30. The van der Waals surface area contributed by atoms with Crippen LogP contribution in [0.15, 0.2) is 35.5 Å². The zero-order chi connectivity index (χ0) is 19.8. The maximum Gasteiger partial charge on any atom is 0.264 e. The Labute approximate surface area is 158 Å². The molecule has 0 radical (unpaired) electrons. The highest BCUT2D eigenvalue weighted by Gasteiger charge is 2.16. The Balaban J connectivity index is 1.67. The molecule has 7 heteroatoms. The average Bonchev–Trinajstić information content (AvgIpc) is 2.97. The molecule has 7 nitrogen and oxygen atoms in total. The maximum atomic E-state index is 12.5. The van der Waals surface area contributed by atoms with Gasteiger partial charge >= 0.3 is 0 Å². The van der Waals surface area contributed by atoms with Crippen molar-refractivity contribution < 1.29 is 9.84 Å². The third kappa shape index (κ3) is 4.03. The summed E-state index contributed by atoms with van der Waals surface area (Å²) in [5, 5.41) is 14.8. The number of fused-ring (bicyclic) bond motifs is 1. The van der Waals surface area contributed by atoms with Crippen molar-refractivity contribution in [3.05, 3.63) is 52.2 Å². The van der Waals surface area contributed by atoms with Crippen molar-refractivity contribution in [2.24, 2.45) is 7.05 Å². The molecule has 0 bridgehead atoms. The summed E-state index contributed by atoms with van der Waals surface area (Å²) in [4.78, 5) is 16.7. The molecule has 0 aliphatic carbocycles. The molecular formula is C20H26N4O3. The van der Waals surface area contributed by atoms with Gasteiger partial charge in [-0.1, -0.05) is 32.9 Å². The number of aliphatic hydroxyl groups excluding tert-OH is 1. The summed E-state index contributed by atoms with van der Waals surface area (Å²) in [5.74, 6) is 0.732. The maximum absolute atomic E-state index is 12.5. The third-order valence-electron chi connectivity index (χ3n) is 4.60. The summed E-state index contributed by atoms with van der Waals surface area (Å²) in [6.45, 7) is 8.68. The minimum atomic E-state index is -0.833. The van der Waals surface area contributed by atoms with E-state index in [0.29, 0.717) is 11.0 Å². The molecule has 0 saturated heterocycles. The van der Waals surface area contributed by atoms with Crippen LogP contribution in [0.5, 0.6) is 5.75 Å². The van der Waals surface area contributed by atoms with Gasteiger partial charge in [0.1, 0.15) is 30.2 Å². The van der Waals surface area contributed by atoms with Gasteiger partial charge in [-0.15, -0.1) is 0 Å². The zero-order valence-electron chi connectivity index (χ0n) is 16.4. The fraction of sp³-hybridized carbons (Fsp3) is 0.450.